The van der Waals surface area contributed by atoms with E-state index in [0.29, 0.717) is 5.69 Å². The van der Waals surface area contributed by atoms with E-state index in [1.807, 2.05) is 6.92 Å². The normalized spacial score (nSPS) is 11.4. The second kappa shape index (κ2) is 6.45. The van der Waals surface area contributed by atoms with Crippen molar-refractivity contribution in [2.24, 2.45) is 0 Å². The summed E-state index contributed by atoms with van der Waals surface area (Å²) in [6.45, 7) is 1.70. The minimum atomic E-state index is -4.24. The fraction of sp³-hybridized carbons (Fsp3) is 0.462. The number of halogens is 3. The van der Waals surface area contributed by atoms with Gasteiger partial charge >= 0.3 is 12.1 Å². The molecule has 1 aromatic carbocycles. The summed E-state index contributed by atoms with van der Waals surface area (Å²) in [5.41, 5.74) is 1.61. The number of anilines is 1. The molecule has 106 valence electrons. The molecule has 19 heavy (non-hydrogen) atoms. The molecule has 0 atom stereocenters. The molecule has 0 amide bonds. The molecule has 0 saturated carbocycles. The smallest absolute Gasteiger partial charge is 0.390 e. The average Bonchev–Trinajstić information content (AvgIpc) is 2.29. The molecule has 0 fully saturated rings. The van der Waals surface area contributed by atoms with Gasteiger partial charge in [0.15, 0.2) is 0 Å². The van der Waals surface area contributed by atoms with E-state index in [1.165, 1.54) is 4.90 Å². The zero-order valence-electron chi connectivity index (χ0n) is 10.6. The second-order valence-electron chi connectivity index (χ2n) is 4.33. The quantitative estimate of drug-likeness (QED) is 0.866. The first-order valence-electron chi connectivity index (χ1n) is 5.88. The molecule has 0 saturated heterocycles. The van der Waals surface area contributed by atoms with Crippen molar-refractivity contribution < 1.29 is 23.1 Å². The first-order chi connectivity index (χ1) is 8.78. The summed E-state index contributed by atoms with van der Waals surface area (Å²) in [5.74, 6) is -1.02. The van der Waals surface area contributed by atoms with Gasteiger partial charge in [-0.15, -0.1) is 0 Å². The van der Waals surface area contributed by atoms with Gasteiger partial charge in [-0.1, -0.05) is 17.7 Å². The number of rotatable bonds is 6. The summed E-state index contributed by atoms with van der Waals surface area (Å²) in [6, 6.07) is 6.98. The minimum absolute atomic E-state index is 0.0640. The highest BCUT2D eigenvalue weighted by atomic mass is 19.4. The zero-order valence-corrected chi connectivity index (χ0v) is 10.6. The maximum Gasteiger partial charge on any atom is 0.390 e. The molecular formula is C13H16F3NO2. The van der Waals surface area contributed by atoms with Gasteiger partial charge in [0.1, 0.15) is 0 Å². The molecule has 0 spiro atoms. The lowest BCUT2D eigenvalue weighted by Gasteiger charge is -2.25. The fourth-order valence-electron chi connectivity index (χ4n) is 1.62. The van der Waals surface area contributed by atoms with Crippen LogP contribution in [0.1, 0.15) is 18.4 Å². The van der Waals surface area contributed by atoms with Gasteiger partial charge in [0, 0.05) is 18.8 Å². The van der Waals surface area contributed by atoms with Crippen LogP contribution in [0.5, 0.6) is 0 Å². The van der Waals surface area contributed by atoms with Crippen molar-refractivity contribution in [2.75, 3.05) is 18.0 Å². The van der Waals surface area contributed by atoms with Crippen molar-refractivity contribution in [2.45, 2.75) is 25.9 Å². The van der Waals surface area contributed by atoms with E-state index in [9.17, 15) is 18.0 Å². The molecule has 0 aromatic heterocycles. The highest BCUT2D eigenvalue weighted by Crippen LogP contribution is 2.23. The van der Waals surface area contributed by atoms with Crippen LogP contribution in [-0.4, -0.2) is 30.3 Å². The monoisotopic (exact) mass is 275 g/mol. The largest absolute Gasteiger partial charge is 0.481 e. The highest BCUT2D eigenvalue weighted by molar-refractivity contribution is 5.67. The molecule has 0 aliphatic carbocycles. The van der Waals surface area contributed by atoms with Crippen molar-refractivity contribution in [3.05, 3.63) is 29.8 Å². The topological polar surface area (TPSA) is 40.5 Å². The predicted octanol–water partition coefficient (Wildman–Crippen LogP) is 3.23. The van der Waals surface area contributed by atoms with Gasteiger partial charge in [0.25, 0.3) is 0 Å². The third kappa shape index (κ3) is 6.13. The van der Waals surface area contributed by atoms with Crippen LogP contribution in [0.15, 0.2) is 24.3 Å². The third-order valence-electron chi connectivity index (χ3n) is 2.66. The van der Waals surface area contributed by atoms with E-state index in [2.05, 4.69) is 0 Å². The summed E-state index contributed by atoms with van der Waals surface area (Å²) in [7, 11) is 0. The molecular weight excluding hydrogens is 259 g/mol. The third-order valence-corrected chi connectivity index (χ3v) is 2.66. The van der Waals surface area contributed by atoms with Crippen LogP contribution in [-0.2, 0) is 4.79 Å². The van der Waals surface area contributed by atoms with E-state index in [4.69, 9.17) is 5.11 Å². The van der Waals surface area contributed by atoms with Crippen LogP contribution < -0.4 is 4.90 Å². The van der Waals surface area contributed by atoms with Gasteiger partial charge < -0.3 is 10.0 Å². The van der Waals surface area contributed by atoms with Gasteiger partial charge in [-0.3, -0.25) is 4.79 Å². The molecule has 6 heteroatoms. The highest BCUT2D eigenvalue weighted by Gasteiger charge is 2.28. The van der Waals surface area contributed by atoms with Crippen molar-refractivity contribution in [1.29, 1.82) is 0 Å². The molecule has 1 aromatic rings. The average molecular weight is 275 g/mol. The number of carboxylic acid groups (broad SMARTS) is 1. The zero-order chi connectivity index (χ0) is 14.5. The van der Waals surface area contributed by atoms with E-state index in [-0.39, 0.29) is 19.5 Å². The molecule has 0 unspecified atom stereocenters. The maximum atomic E-state index is 12.3. The van der Waals surface area contributed by atoms with Crippen LogP contribution in [0.4, 0.5) is 18.9 Å². The summed E-state index contributed by atoms with van der Waals surface area (Å²) in [6.07, 6.45) is -5.39. The summed E-state index contributed by atoms with van der Waals surface area (Å²) >= 11 is 0. The van der Waals surface area contributed by atoms with Gasteiger partial charge in [-0.25, -0.2) is 0 Å². The molecule has 1 N–H and O–H groups in total. The van der Waals surface area contributed by atoms with E-state index in [1.54, 1.807) is 24.3 Å². The Morgan fingerprint density at radius 3 is 2.26 bits per heavy atom. The molecule has 0 heterocycles. The molecule has 3 nitrogen and oxygen atoms in total. The number of aliphatic carboxylic acids is 1. The van der Waals surface area contributed by atoms with Crippen molar-refractivity contribution in [3.8, 4) is 0 Å². The molecule has 0 aliphatic rings. The summed E-state index contributed by atoms with van der Waals surface area (Å²) in [4.78, 5) is 12.0. The Morgan fingerprint density at radius 1 is 1.21 bits per heavy atom. The second-order valence-corrected chi connectivity index (χ2v) is 4.33. The van der Waals surface area contributed by atoms with Crippen LogP contribution >= 0.6 is 0 Å². The van der Waals surface area contributed by atoms with E-state index in [0.717, 1.165) is 5.56 Å². The number of benzene rings is 1. The van der Waals surface area contributed by atoms with Crippen molar-refractivity contribution >= 4 is 11.7 Å². The number of hydrogen-bond acceptors (Lipinski definition) is 2. The molecule has 0 aliphatic heterocycles. The number of carbonyl (C=O) groups is 1. The predicted molar refractivity (Wildman–Crippen MR) is 66.3 cm³/mol. The van der Waals surface area contributed by atoms with Crippen LogP contribution in [0.3, 0.4) is 0 Å². The Labute approximate surface area is 109 Å². The Bertz CT molecular complexity index is 415. The van der Waals surface area contributed by atoms with Crippen LogP contribution in [0.2, 0.25) is 0 Å². The standard InChI is InChI=1S/C13H16F3NO2/c1-10-2-4-11(5-3-10)17(8-6-12(18)19)9-7-13(14,15)16/h2-5H,6-9H2,1H3,(H,18,19). The number of nitrogens with zero attached hydrogens (tertiary/aromatic N) is 1. The first kappa shape index (κ1) is 15.3. The summed E-state index contributed by atoms with van der Waals surface area (Å²) < 4.78 is 36.8. The Morgan fingerprint density at radius 2 is 1.79 bits per heavy atom. The first-order valence-corrected chi connectivity index (χ1v) is 5.88. The summed E-state index contributed by atoms with van der Waals surface area (Å²) in [5, 5.41) is 8.63. The number of aryl methyl sites for hydroxylation is 1. The van der Waals surface area contributed by atoms with Crippen LogP contribution in [0, 0.1) is 6.92 Å². The van der Waals surface area contributed by atoms with Crippen molar-refractivity contribution in [1.82, 2.24) is 0 Å². The number of hydrogen-bond donors (Lipinski definition) is 1. The molecule has 1 rings (SSSR count). The Balaban J connectivity index is 2.73. The lowest BCUT2D eigenvalue weighted by atomic mass is 10.2. The number of alkyl halides is 3. The van der Waals surface area contributed by atoms with Gasteiger partial charge in [-0.05, 0) is 19.1 Å². The van der Waals surface area contributed by atoms with E-state index >= 15 is 0 Å². The lowest BCUT2D eigenvalue weighted by Crippen LogP contribution is -2.30. The van der Waals surface area contributed by atoms with Gasteiger partial charge in [-0.2, -0.15) is 13.2 Å². The van der Waals surface area contributed by atoms with E-state index < -0.39 is 18.6 Å². The van der Waals surface area contributed by atoms with Crippen molar-refractivity contribution in [3.63, 3.8) is 0 Å². The lowest BCUT2D eigenvalue weighted by molar-refractivity contribution is -0.136. The Hall–Kier alpha value is -1.72. The van der Waals surface area contributed by atoms with Gasteiger partial charge in [0.2, 0.25) is 0 Å². The fourth-order valence-corrected chi connectivity index (χ4v) is 1.62. The minimum Gasteiger partial charge on any atom is -0.481 e. The van der Waals surface area contributed by atoms with Crippen LogP contribution in [0.25, 0.3) is 0 Å². The maximum absolute atomic E-state index is 12.3. The number of carboxylic acids is 1. The van der Waals surface area contributed by atoms with Gasteiger partial charge in [0.05, 0.1) is 12.8 Å². The Kier molecular flexibility index (Phi) is 5.20. The molecule has 0 bridgehead atoms. The molecule has 0 radical (unpaired) electrons. The SMILES string of the molecule is Cc1ccc(N(CCC(=O)O)CCC(F)(F)F)cc1.